The molecular weight excluding hydrogens is 264 g/mol. The molecule has 1 aromatic carbocycles. The highest BCUT2D eigenvalue weighted by Crippen LogP contribution is 2.13. The van der Waals surface area contributed by atoms with Crippen LogP contribution in [0, 0.1) is 0 Å². The molecule has 21 heavy (non-hydrogen) atoms. The second-order valence-electron chi connectivity index (χ2n) is 5.16. The molecule has 0 saturated heterocycles. The summed E-state index contributed by atoms with van der Waals surface area (Å²) < 4.78 is 0. The number of nitrogens with one attached hydrogen (secondary N) is 2. The van der Waals surface area contributed by atoms with E-state index in [0.29, 0.717) is 17.8 Å². The normalized spacial score (nSPS) is 11.8. The predicted octanol–water partition coefficient (Wildman–Crippen LogP) is 2.02. The second-order valence-corrected chi connectivity index (χ2v) is 5.16. The molecule has 2 N–H and O–H groups in total. The first-order valence-corrected chi connectivity index (χ1v) is 7.00. The molecule has 2 rings (SSSR count). The van der Waals surface area contributed by atoms with Gasteiger partial charge in [-0.2, -0.15) is 15.0 Å². The van der Waals surface area contributed by atoms with Crippen LogP contribution in [-0.4, -0.2) is 42.1 Å². The van der Waals surface area contributed by atoms with Crippen LogP contribution in [0.25, 0.3) is 0 Å². The van der Waals surface area contributed by atoms with Gasteiger partial charge in [-0.3, -0.25) is 0 Å². The van der Waals surface area contributed by atoms with E-state index in [-0.39, 0.29) is 6.04 Å². The summed E-state index contributed by atoms with van der Waals surface area (Å²) in [6, 6.07) is 10.6. The summed E-state index contributed by atoms with van der Waals surface area (Å²) in [4.78, 5) is 14.9. The van der Waals surface area contributed by atoms with E-state index in [1.165, 1.54) is 5.56 Å². The van der Waals surface area contributed by atoms with Crippen molar-refractivity contribution in [3.63, 3.8) is 0 Å². The van der Waals surface area contributed by atoms with E-state index in [1.807, 2.05) is 37.2 Å². The van der Waals surface area contributed by atoms with Crippen LogP contribution in [0.15, 0.2) is 30.3 Å². The first-order chi connectivity index (χ1) is 10.1. The van der Waals surface area contributed by atoms with Gasteiger partial charge in [-0.05, 0) is 18.9 Å². The van der Waals surface area contributed by atoms with E-state index < -0.39 is 0 Å². The summed E-state index contributed by atoms with van der Waals surface area (Å²) >= 11 is 0. The molecule has 0 spiro atoms. The Balaban J connectivity index is 2.09. The fourth-order valence-electron chi connectivity index (χ4n) is 1.98. The first kappa shape index (κ1) is 15.0. The topological polar surface area (TPSA) is 66.0 Å². The quantitative estimate of drug-likeness (QED) is 0.847. The van der Waals surface area contributed by atoms with Crippen molar-refractivity contribution in [3.8, 4) is 0 Å². The minimum Gasteiger partial charge on any atom is -0.357 e. The predicted molar refractivity (Wildman–Crippen MR) is 86.9 cm³/mol. The SMILES string of the molecule is CNc1nc(NC(C)Cc2ccccc2)nc(N(C)C)n1. The Morgan fingerprint density at radius 2 is 1.71 bits per heavy atom. The molecule has 1 aromatic heterocycles. The Morgan fingerprint density at radius 3 is 2.33 bits per heavy atom. The van der Waals surface area contributed by atoms with Crippen LogP contribution in [0.5, 0.6) is 0 Å². The molecule has 2 aromatic rings. The fourth-order valence-corrected chi connectivity index (χ4v) is 1.98. The average molecular weight is 286 g/mol. The zero-order chi connectivity index (χ0) is 15.2. The molecule has 0 fully saturated rings. The van der Waals surface area contributed by atoms with Crippen molar-refractivity contribution in [3.05, 3.63) is 35.9 Å². The van der Waals surface area contributed by atoms with E-state index in [9.17, 15) is 0 Å². The molecule has 0 bridgehead atoms. The summed E-state index contributed by atoms with van der Waals surface area (Å²) in [5, 5.41) is 6.29. The maximum Gasteiger partial charge on any atom is 0.231 e. The molecule has 112 valence electrons. The molecule has 0 aliphatic rings. The molecule has 0 amide bonds. The zero-order valence-electron chi connectivity index (χ0n) is 13.0. The second kappa shape index (κ2) is 6.88. The number of anilines is 3. The van der Waals surface area contributed by atoms with Crippen LogP contribution in [0.1, 0.15) is 12.5 Å². The molecule has 0 aliphatic heterocycles. The van der Waals surface area contributed by atoms with Gasteiger partial charge < -0.3 is 15.5 Å². The van der Waals surface area contributed by atoms with E-state index in [0.717, 1.165) is 6.42 Å². The van der Waals surface area contributed by atoms with Crippen molar-refractivity contribution in [2.45, 2.75) is 19.4 Å². The Kier molecular flexibility index (Phi) is 4.92. The summed E-state index contributed by atoms with van der Waals surface area (Å²) in [5.41, 5.74) is 1.29. The Morgan fingerprint density at radius 1 is 1.05 bits per heavy atom. The fraction of sp³-hybridized carbons (Fsp3) is 0.400. The van der Waals surface area contributed by atoms with Gasteiger partial charge in [0.1, 0.15) is 0 Å². The molecule has 1 atom stereocenters. The minimum atomic E-state index is 0.231. The zero-order valence-corrected chi connectivity index (χ0v) is 13.0. The van der Waals surface area contributed by atoms with Crippen molar-refractivity contribution in [1.82, 2.24) is 15.0 Å². The van der Waals surface area contributed by atoms with Crippen molar-refractivity contribution in [2.75, 3.05) is 36.7 Å². The van der Waals surface area contributed by atoms with Crippen LogP contribution in [0.3, 0.4) is 0 Å². The van der Waals surface area contributed by atoms with Gasteiger partial charge >= 0.3 is 0 Å². The Labute approximate surface area is 125 Å². The number of hydrogen-bond donors (Lipinski definition) is 2. The first-order valence-electron chi connectivity index (χ1n) is 7.00. The van der Waals surface area contributed by atoms with Crippen LogP contribution >= 0.6 is 0 Å². The molecule has 0 saturated carbocycles. The van der Waals surface area contributed by atoms with Gasteiger partial charge in [-0.15, -0.1) is 0 Å². The van der Waals surface area contributed by atoms with E-state index in [4.69, 9.17) is 0 Å². The summed E-state index contributed by atoms with van der Waals surface area (Å²) in [5.74, 6) is 1.77. The number of nitrogens with zero attached hydrogens (tertiary/aromatic N) is 4. The van der Waals surface area contributed by atoms with Crippen molar-refractivity contribution in [1.29, 1.82) is 0 Å². The van der Waals surface area contributed by atoms with Gasteiger partial charge in [-0.1, -0.05) is 30.3 Å². The van der Waals surface area contributed by atoms with Gasteiger partial charge in [0, 0.05) is 27.2 Å². The third-order valence-electron chi connectivity index (χ3n) is 3.01. The lowest BCUT2D eigenvalue weighted by Crippen LogP contribution is -2.22. The number of aromatic nitrogens is 3. The molecule has 1 heterocycles. The van der Waals surface area contributed by atoms with Crippen molar-refractivity contribution in [2.24, 2.45) is 0 Å². The van der Waals surface area contributed by atoms with Crippen LogP contribution in [0.4, 0.5) is 17.8 Å². The highest BCUT2D eigenvalue weighted by Gasteiger charge is 2.10. The maximum absolute atomic E-state index is 4.42. The standard InChI is InChI=1S/C15H22N6/c1-11(10-12-8-6-5-7-9-12)17-14-18-13(16-2)19-15(20-14)21(3)4/h5-9,11H,10H2,1-4H3,(H2,16,17,18,19,20). The smallest absolute Gasteiger partial charge is 0.231 e. The summed E-state index contributed by atoms with van der Waals surface area (Å²) in [6.07, 6.45) is 0.915. The van der Waals surface area contributed by atoms with Crippen molar-refractivity contribution < 1.29 is 0 Å². The average Bonchev–Trinajstić information content (AvgIpc) is 2.47. The minimum absolute atomic E-state index is 0.231. The molecule has 0 aliphatic carbocycles. The molecule has 1 unspecified atom stereocenters. The lowest BCUT2D eigenvalue weighted by molar-refractivity contribution is 0.773. The molecular formula is C15H22N6. The van der Waals surface area contributed by atoms with Gasteiger partial charge in [-0.25, -0.2) is 0 Å². The van der Waals surface area contributed by atoms with Crippen LogP contribution < -0.4 is 15.5 Å². The van der Waals surface area contributed by atoms with Gasteiger partial charge in [0.15, 0.2) is 0 Å². The monoisotopic (exact) mass is 286 g/mol. The Hall–Kier alpha value is -2.37. The van der Waals surface area contributed by atoms with Crippen molar-refractivity contribution >= 4 is 17.8 Å². The lowest BCUT2D eigenvalue weighted by atomic mass is 10.1. The van der Waals surface area contributed by atoms with Crippen LogP contribution in [0.2, 0.25) is 0 Å². The Bertz CT molecular complexity index is 570. The molecule has 6 nitrogen and oxygen atoms in total. The molecule has 0 radical (unpaired) electrons. The summed E-state index contributed by atoms with van der Waals surface area (Å²) in [7, 11) is 5.61. The van der Waals surface area contributed by atoms with E-state index >= 15 is 0 Å². The third kappa shape index (κ3) is 4.30. The maximum atomic E-state index is 4.42. The van der Waals surface area contributed by atoms with E-state index in [1.54, 1.807) is 7.05 Å². The molecule has 6 heteroatoms. The highest BCUT2D eigenvalue weighted by molar-refractivity contribution is 5.43. The number of rotatable bonds is 6. The van der Waals surface area contributed by atoms with Gasteiger partial charge in [0.05, 0.1) is 0 Å². The lowest BCUT2D eigenvalue weighted by Gasteiger charge is -2.17. The summed E-state index contributed by atoms with van der Waals surface area (Å²) in [6.45, 7) is 2.12. The number of benzene rings is 1. The van der Waals surface area contributed by atoms with E-state index in [2.05, 4.69) is 44.6 Å². The van der Waals surface area contributed by atoms with Gasteiger partial charge in [0.2, 0.25) is 17.8 Å². The van der Waals surface area contributed by atoms with Gasteiger partial charge in [0.25, 0.3) is 0 Å². The highest BCUT2D eigenvalue weighted by atomic mass is 15.3. The largest absolute Gasteiger partial charge is 0.357 e. The van der Waals surface area contributed by atoms with Crippen LogP contribution in [-0.2, 0) is 6.42 Å². The third-order valence-corrected chi connectivity index (χ3v) is 3.01. The number of hydrogen-bond acceptors (Lipinski definition) is 6.